The minimum atomic E-state index is -4.81. The van der Waals surface area contributed by atoms with Crippen LogP contribution >= 0.6 is 11.6 Å². The molecule has 13 nitrogen and oxygen atoms in total. The van der Waals surface area contributed by atoms with Crippen molar-refractivity contribution in [1.82, 2.24) is 14.7 Å². The number of carboxylic acid groups (broad SMARTS) is 1. The Bertz CT molecular complexity index is 1300. The smallest absolute Gasteiger partial charge is 0.424 e. The predicted molar refractivity (Wildman–Crippen MR) is 133 cm³/mol. The van der Waals surface area contributed by atoms with Crippen molar-refractivity contribution in [2.45, 2.75) is 38.1 Å². The van der Waals surface area contributed by atoms with Gasteiger partial charge >= 0.3 is 6.09 Å². The van der Waals surface area contributed by atoms with Crippen LogP contribution in [-0.4, -0.2) is 65.7 Å². The minimum Gasteiger partial charge on any atom is -0.569 e. The molecular formula is C22H27ClN6O7S. The number of benzene rings is 2. The molecule has 0 saturated carbocycles. The number of para-hydroxylation sites is 1. The van der Waals surface area contributed by atoms with Crippen molar-refractivity contribution in [2.24, 2.45) is 5.28 Å². The average Bonchev–Trinajstić information content (AvgIpc) is 3.17. The maximum Gasteiger partial charge on any atom is 0.424 e. The molecule has 2 N–H and O–H groups in total. The molecule has 0 spiro atoms. The number of amides is 2. The zero-order valence-corrected chi connectivity index (χ0v) is 21.9. The maximum atomic E-state index is 13.1. The van der Waals surface area contributed by atoms with E-state index < -0.39 is 33.7 Å². The molecule has 2 aromatic carbocycles. The first-order valence-corrected chi connectivity index (χ1v) is 13.1. The molecular weight excluding hydrogens is 528 g/mol. The van der Waals surface area contributed by atoms with Crippen LogP contribution in [0.3, 0.4) is 0 Å². The number of rotatable bonds is 10. The zero-order valence-electron chi connectivity index (χ0n) is 20.4. The molecule has 0 bridgehead atoms. The van der Waals surface area contributed by atoms with Crippen LogP contribution in [0.1, 0.15) is 36.7 Å². The molecule has 15 heteroatoms. The van der Waals surface area contributed by atoms with Gasteiger partial charge in [-0.2, -0.15) is 4.31 Å². The van der Waals surface area contributed by atoms with Crippen molar-refractivity contribution in [3.05, 3.63) is 63.8 Å². The lowest BCUT2D eigenvalue weighted by Crippen LogP contribution is -2.45. The summed E-state index contributed by atoms with van der Waals surface area (Å²) in [6, 6.07) is 11.0. The number of fused-ring (bicyclic) bond motifs is 1. The van der Waals surface area contributed by atoms with Crippen molar-refractivity contribution in [3.8, 4) is 0 Å². The highest BCUT2D eigenvalue weighted by Gasteiger charge is 2.33. The summed E-state index contributed by atoms with van der Waals surface area (Å²) in [6.07, 6.45) is -1.19. The molecule has 0 radical (unpaired) electrons. The third kappa shape index (κ3) is 5.97. The molecule has 37 heavy (non-hydrogen) atoms. The summed E-state index contributed by atoms with van der Waals surface area (Å²) >= 11 is 6.09. The quantitative estimate of drug-likeness (QED) is 0.195. The molecule has 1 unspecified atom stereocenters. The molecule has 0 saturated heterocycles. The summed E-state index contributed by atoms with van der Waals surface area (Å²) in [5.74, 6) is -0.619. The number of anilines is 1. The zero-order chi connectivity index (χ0) is 27.3. The Kier molecular flexibility index (Phi) is 8.65. The van der Waals surface area contributed by atoms with Crippen molar-refractivity contribution < 1.29 is 32.9 Å². The number of nitrogens with zero attached hydrogens (tertiary/aromatic N) is 5. The van der Waals surface area contributed by atoms with Crippen LogP contribution in [-0.2, 0) is 21.3 Å². The average molecular weight is 555 g/mol. The highest BCUT2D eigenvalue weighted by Crippen LogP contribution is 2.31. The number of hydrogen-bond donors (Lipinski definition) is 2. The Balaban J connectivity index is 1.84. The van der Waals surface area contributed by atoms with Crippen LogP contribution in [0.2, 0.25) is 5.02 Å². The first kappa shape index (κ1) is 27.8. The lowest BCUT2D eigenvalue weighted by Gasteiger charge is -2.25. The molecule has 0 aliphatic carbocycles. The highest BCUT2D eigenvalue weighted by atomic mass is 35.5. The van der Waals surface area contributed by atoms with E-state index >= 15 is 0 Å². The monoisotopic (exact) mass is 554 g/mol. The van der Waals surface area contributed by atoms with Crippen LogP contribution < -0.4 is 10.4 Å². The second-order valence-corrected chi connectivity index (χ2v) is 10.2. The van der Waals surface area contributed by atoms with Crippen molar-refractivity contribution in [2.75, 3.05) is 24.8 Å². The largest absolute Gasteiger partial charge is 0.569 e. The van der Waals surface area contributed by atoms with Gasteiger partial charge in [0.25, 0.3) is 15.9 Å². The van der Waals surface area contributed by atoms with E-state index in [0.717, 1.165) is 17.3 Å². The van der Waals surface area contributed by atoms with Gasteiger partial charge in [-0.1, -0.05) is 29.8 Å². The lowest BCUT2D eigenvalue weighted by atomic mass is 10.1. The van der Waals surface area contributed by atoms with Gasteiger partial charge in [0, 0.05) is 5.56 Å². The predicted octanol–water partition coefficient (Wildman–Crippen LogP) is 3.21. The topological polar surface area (TPSA) is 158 Å². The number of halogens is 1. The molecule has 3 rings (SSSR count). The van der Waals surface area contributed by atoms with Gasteiger partial charge in [-0.15, -0.1) is 5.01 Å². The minimum absolute atomic E-state index is 0.0443. The molecule has 2 aromatic rings. The molecule has 1 heterocycles. The Labute approximate surface area is 219 Å². The van der Waals surface area contributed by atoms with Crippen LogP contribution in [0.5, 0.6) is 0 Å². The first-order chi connectivity index (χ1) is 17.5. The Hall–Kier alpha value is -3.78. The fourth-order valence-electron chi connectivity index (χ4n) is 3.74. The third-order valence-corrected chi connectivity index (χ3v) is 7.86. The van der Waals surface area contributed by atoms with Crippen LogP contribution in [0, 0.1) is 5.21 Å². The van der Waals surface area contributed by atoms with E-state index in [2.05, 4.69) is 10.7 Å². The highest BCUT2D eigenvalue weighted by molar-refractivity contribution is 7.89. The van der Waals surface area contributed by atoms with Crippen LogP contribution in [0.15, 0.2) is 52.6 Å². The van der Waals surface area contributed by atoms with Gasteiger partial charge in [0.05, 0.1) is 34.8 Å². The van der Waals surface area contributed by atoms with Gasteiger partial charge in [-0.3, -0.25) is 15.2 Å². The fraction of sp³-hybridized carbons (Fsp3) is 0.364. The van der Waals surface area contributed by atoms with Crippen molar-refractivity contribution in [3.63, 3.8) is 0 Å². The second kappa shape index (κ2) is 11.5. The maximum absolute atomic E-state index is 13.1. The number of hydrogen-bond acceptors (Lipinski definition) is 8. The summed E-state index contributed by atoms with van der Waals surface area (Å²) in [4.78, 5) is 28.9. The molecule has 0 fully saturated rings. The third-order valence-electron chi connectivity index (χ3n) is 5.68. The standard InChI is InChI=1S/C22H27ClN6O7S/c1-4-26(5-2)29(33)25-36-14-27(22(31)32)37(34,35)20-13-17(10-11-18(20)23)21(30)24-28-15(3)12-16-8-6-7-9-19(16)28/h6-11,13,15H,4-5,12,14H2,1-3H3,(H,24,30)(H,31,32)/b29-25+. The van der Waals surface area contributed by atoms with Gasteiger partial charge in [0.1, 0.15) is 4.90 Å². The van der Waals surface area contributed by atoms with Gasteiger partial charge < -0.3 is 15.2 Å². The summed E-state index contributed by atoms with van der Waals surface area (Å²) in [6.45, 7) is 4.77. The number of hydrazine groups is 2. The molecule has 0 aromatic heterocycles. The molecule has 200 valence electrons. The van der Waals surface area contributed by atoms with Crippen LogP contribution in [0.25, 0.3) is 0 Å². The van der Waals surface area contributed by atoms with E-state index in [0.29, 0.717) is 19.5 Å². The lowest BCUT2D eigenvalue weighted by molar-refractivity contribution is -0.710. The summed E-state index contributed by atoms with van der Waals surface area (Å²) in [5, 5.41) is 27.1. The van der Waals surface area contributed by atoms with Gasteiger partial charge in [0.15, 0.2) is 0 Å². The Morgan fingerprint density at radius 1 is 1.27 bits per heavy atom. The first-order valence-electron chi connectivity index (χ1n) is 11.3. The van der Waals surface area contributed by atoms with E-state index in [1.54, 1.807) is 18.9 Å². The molecule has 2 amide bonds. The van der Waals surface area contributed by atoms with E-state index in [-0.39, 0.29) is 25.9 Å². The SMILES string of the molecule is CCN(CC)/[N+]([O-])=N\OCN(C(=O)O)S(=O)(=O)c1cc(C(=O)NN2c3ccccc3CC2C)ccc1Cl. The fourth-order valence-corrected chi connectivity index (χ4v) is 5.37. The van der Waals surface area contributed by atoms with Gasteiger partial charge in [-0.05, 0) is 57.0 Å². The van der Waals surface area contributed by atoms with E-state index in [9.17, 15) is 28.3 Å². The van der Waals surface area contributed by atoms with Crippen LogP contribution in [0.4, 0.5) is 10.5 Å². The number of carbonyl (C=O) groups excluding carboxylic acids is 1. The number of carbonyl (C=O) groups is 2. The van der Waals surface area contributed by atoms with E-state index in [4.69, 9.17) is 16.4 Å². The second-order valence-electron chi connectivity index (χ2n) is 8.01. The van der Waals surface area contributed by atoms with Gasteiger partial charge in [0.2, 0.25) is 12.0 Å². The van der Waals surface area contributed by atoms with E-state index in [1.807, 2.05) is 31.2 Å². The Morgan fingerprint density at radius 3 is 2.59 bits per heavy atom. The molecule has 1 aliphatic heterocycles. The Morgan fingerprint density at radius 2 is 1.95 bits per heavy atom. The van der Waals surface area contributed by atoms with Crippen molar-refractivity contribution >= 4 is 39.3 Å². The number of nitrogens with one attached hydrogen (secondary N) is 1. The van der Waals surface area contributed by atoms with Crippen molar-refractivity contribution in [1.29, 1.82) is 0 Å². The van der Waals surface area contributed by atoms with E-state index in [1.165, 1.54) is 17.1 Å². The molecule has 1 atom stereocenters. The normalized spacial score (nSPS) is 15.2. The summed E-state index contributed by atoms with van der Waals surface area (Å²) < 4.78 is 26.2. The molecule has 1 aliphatic rings. The van der Waals surface area contributed by atoms with Gasteiger partial charge in [-0.25, -0.2) is 13.2 Å². The summed E-state index contributed by atoms with van der Waals surface area (Å²) in [7, 11) is -4.81. The number of sulfonamides is 1. The summed E-state index contributed by atoms with van der Waals surface area (Å²) in [5.41, 5.74) is 4.57.